The number of aryl methyl sites for hydroxylation is 1. The number of carbonyl (C=O) groups excluding carboxylic acids is 3. The lowest BCUT2D eigenvalue weighted by atomic mass is 9.83. The van der Waals surface area contributed by atoms with Crippen molar-refractivity contribution in [3.8, 4) is 0 Å². The summed E-state index contributed by atoms with van der Waals surface area (Å²) in [7, 11) is 0. The molecule has 4 heterocycles. The van der Waals surface area contributed by atoms with Gasteiger partial charge in [-0.25, -0.2) is 9.78 Å². The Bertz CT molecular complexity index is 1060. The molecule has 2 aliphatic rings. The van der Waals surface area contributed by atoms with Crippen molar-refractivity contribution < 1.29 is 18.8 Å². The molecule has 0 bridgehead atoms. The number of pyridine rings is 1. The molecule has 172 valence electrons. The number of nitrogens with zero attached hydrogens (tertiary/aromatic N) is 3. The molecule has 2 aromatic rings. The van der Waals surface area contributed by atoms with Crippen molar-refractivity contribution in [1.29, 1.82) is 0 Å². The largest absolute Gasteiger partial charge is 0.430 e. The number of fused-ring (bicyclic) bond motifs is 1. The number of amides is 4. The van der Waals surface area contributed by atoms with Crippen molar-refractivity contribution in [2.24, 2.45) is 17.1 Å². The Morgan fingerprint density at radius 1 is 1.19 bits per heavy atom. The van der Waals surface area contributed by atoms with E-state index in [9.17, 15) is 14.4 Å². The van der Waals surface area contributed by atoms with Crippen LogP contribution >= 0.6 is 0 Å². The Morgan fingerprint density at radius 3 is 2.66 bits per heavy atom. The first-order valence-corrected chi connectivity index (χ1v) is 11.2. The molecule has 4 amide bonds. The summed E-state index contributed by atoms with van der Waals surface area (Å²) < 4.78 is 5.51. The van der Waals surface area contributed by atoms with Gasteiger partial charge in [-0.15, -0.1) is 0 Å². The number of aromatic nitrogens is 1. The molecule has 0 radical (unpaired) electrons. The lowest BCUT2D eigenvalue weighted by Crippen LogP contribution is -2.51. The molecule has 2 aliphatic heterocycles. The van der Waals surface area contributed by atoms with Gasteiger partial charge in [-0.05, 0) is 50.2 Å². The monoisotopic (exact) mass is 441 g/mol. The predicted molar refractivity (Wildman–Crippen MR) is 120 cm³/mol. The number of nitrogens with two attached hydrogens (primary N) is 1. The molecule has 1 atom stereocenters. The molecule has 0 spiro atoms. The summed E-state index contributed by atoms with van der Waals surface area (Å²) in [5.74, 6) is -1.01. The van der Waals surface area contributed by atoms with Crippen LogP contribution in [0.4, 0.5) is 10.5 Å². The number of anilines is 1. The molecule has 2 saturated heterocycles. The molecular formula is C23H31N5O4. The summed E-state index contributed by atoms with van der Waals surface area (Å²) in [6, 6.07) is 3.13. The fraction of sp³-hybridized carbons (Fsp3) is 0.565. The number of urea groups is 1. The predicted octanol–water partition coefficient (Wildman–Crippen LogP) is 3.13. The van der Waals surface area contributed by atoms with E-state index in [-0.39, 0.29) is 40.4 Å². The highest BCUT2D eigenvalue weighted by molar-refractivity contribution is 6.09. The third kappa shape index (κ3) is 4.42. The maximum atomic E-state index is 13.2. The van der Waals surface area contributed by atoms with Gasteiger partial charge in [-0.2, -0.15) is 0 Å². The van der Waals surface area contributed by atoms with Crippen molar-refractivity contribution in [3.05, 3.63) is 23.6 Å². The zero-order valence-corrected chi connectivity index (χ0v) is 18.9. The fourth-order valence-electron chi connectivity index (χ4n) is 4.79. The van der Waals surface area contributed by atoms with Gasteiger partial charge in [0.25, 0.3) is 5.91 Å². The van der Waals surface area contributed by atoms with E-state index in [2.05, 4.69) is 24.1 Å². The molecule has 9 nitrogen and oxygen atoms in total. The second kappa shape index (κ2) is 8.44. The van der Waals surface area contributed by atoms with E-state index in [1.807, 2.05) is 4.90 Å². The number of hydrogen-bond acceptors (Lipinski definition) is 5. The van der Waals surface area contributed by atoms with Crippen LogP contribution in [-0.4, -0.2) is 58.8 Å². The third-order valence-corrected chi connectivity index (χ3v) is 6.42. The van der Waals surface area contributed by atoms with Gasteiger partial charge in [0.2, 0.25) is 17.4 Å². The third-order valence-electron chi connectivity index (χ3n) is 6.42. The zero-order valence-electron chi connectivity index (χ0n) is 18.9. The van der Waals surface area contributed by atoms with Crippen molar-refractivity contribution in [2.45, 2.75) is 46.5 Å². The molecule has 2 fully saturated rings. The van der Waals surface area contributed by atoms with Gasteiger partial charge in [0, 0.05) is 31.9 Å². The van der Waals surface area contributed by atoms with E-state index in [0.29, 0.717) is 18.5 Å². The first-order valence-electron chi connectivity index (χ1n) is 11.2. The molecule has 0 saturated carbocycles. The van der Waals surface area contributed by atoms with Crippen LogP contribution in [0, 0.1) is 18.3 Å². The summed E-state index contributed by atoms with van der Waals surface area (Å²) >= 11 is 0. The Balaban J connectivity index is 1.49. The van der Waals surface area contributed by atoms with Crippen LogP contribution in [0.2, 0.25) is 0 Å². The van der Waals surface area contributed by atoms with Gasteiger partial charge in [0.05, 0.1) is 11.3 Å². The number of piperidine rings is 2. The molecule has 2 aromatic heterocycles. The molecule has 0 aliphatic carbocycles. The van der Waals surface area contributed by atoms with Crippen molar-refractivity contribution in [1.82, 2.24) is 14.8 Å². The Hall–Kier alpha value is -3.10. The van der Waals surface area contributed by atoms with Crippen molar-refractivity contribution in [3.63, 3.8) is 0 Å². The minimum Gasteiger partial charge on any atom is -0.430 e. The molecule has 9 heteroatoms. The average Bonchev–Trinajstić information content (AvgIpc) is 3.10. The minimum atomic E-state index is -0.782. The molecule has 0 aromatic carbocycles. The number of likely N-dealkylation sites (tertiary alicyclic amines) is 2. The highest BCUT2D eigenvalue weighted by atomic mass is 16.4. The second-order valence-electron chi connectivity index (χ2n) is 9.72. The smallest absolute Gasteiger partial charge is 0.321 e. The summed E-state index contributed by atoms with van der Waals surface area (Å²) in [6.07, 6.45) is 3.64. The second-order valence-corrected chi connectivity index (χ2v) is 9.72. The molecule has 4 rings (SSSR count). The van der Waals surface area contributed by atoms with Crippen LogP contribution in [0.3, 0.4) is 0 Å². The minimum absolute atomic E-state index is 0.125. The Morgan fingerprint density at radius 2 is 1.94 bits per heavy atom. The van der Waals surface area contributed by atoms with Gasteiger partial charge >= 0.3 is 6.03 Å². The topological polar surface area (TPSA) is 122 Å². The number of nitrogens with one attached hydrogen (secondary N) is 1. The van der Waals surface area contributed by atoms with Crippen LogP contribution in [0.5, 0.6) is 0 Å². The Kier molecular flexibility index (Phi) is 5.83. The normalized spacial score (nSPS) is 20.9. The zero-order chi connectivity index (χ0) is 23.0. The summed E-state index contributed by atoms with van der Waals surface area (Å²) in [5, 5.41) is 3.30. The fourth-order valence-corrected chi connectivity index (χ4v) is 4.79. The van der Waals surface area contributed by atoms with Crippen LogP contribution < -0.4 is 11.1 Å². The van der Waals surface area contributed by atoms with Crippen LogP contribution in [-0.2, 0) is 4.79 Å². The van der Waals surface area contributed by atoms with Gasteiger partial charge in [-0.3, -0.25) is 9.59 Å². The first kappa shape index (κ1) is 22.1. The lowest BCUT2D eigenvalue weighted by Gasteiger charge is -2.41. The molecule has 3 N–H and O–H groups in total. The number of furan rings is 1. The summed E-state index contributed by atoms with van der Waals surface area (Å²) in [5.41, 5.74) is 6.77. The maximum Gasteiger partial charge on any atom is 0.321 e. The summed E-state index contributed by atoms with van der Waals surface area (Å²) in [6.45, 7) is 8.60. The van der Waals surface area contributed by atoms with Gasteiger partial charge in [0.15, 0.2) is 0 Å². The van der Waals surface area contributed by atoms with Gasteiger partial charge in [-0.1, -0.05) is 13.8 Å². The quantitative estimate of drug-likeness (QED) is 0.758. The van der Waals surface area contributed by atoms with E-state index < -0.39 is 5.91 Å². The average molecular weight is 442 g/mol. The number of rotatable bonds is 3. The molecule has 0 unspecified atom stereocenters. The van der Waals surface area contributed by atoms with Crippen LogP contribution in [0.15, 0.2) is 16.5 Å². The number of hydrogen-bond donors (Lipinski definition) is 2. The van der Waals surface area contributed by atoms with E-state index >= 15 is 0 Å². The Labute approximate surface area is 187 Å². The highest BCUT2D eigenvalue weighted by Crippen LogP contribution is 2.32. The van der Waals surface area contributed by atoms with E-state index in [4.69, 9.17) is 10.2 Å². The van der Waals surface area contributed by atoms with E-state index in [0.717, 1.165) is 44.5 Å². The maximum absolute atomic E-state index is 13.2. The van der Waals surface area contributed by atoms with Crippen molar-refractivity contribution in [2.75, 3.05) is 31.5 Å². The van der Waals surface area contributed by atoms with Gasteiger partial charge < -0.3 is 25.3 Å². The molecule has 32 heavy (non-hydrogen) atoms. The first-order chi connectivity index (χ1) is 15.1. The highest BCUT2D eigenvalue weighted by Gasteiger charge is 2.35. The summed E-state index contributed by atoms with van der Waals surface area (Å²) in [4.78, 5) is 46.0. The number of carbonyl (C=O) groups is 3. The number of primary amides is 1. The van der Waals surface area contributed by atoms with E-state index in [1.165, 1.54) is 0 Å². The molecular weight excluding hydrogens is 410 g/mol. The standard InChI is InChI=1S/C23H31N5O4/c1-14-7-8-16-17(18(19(24)29)32-20(16)25-14)26-22(31)27-10-4-6-15(12-27)21(30)28-11-5-9-23(2,3)13-28/h7-8,15H,4-6,9-13H2,1-3H3,(H2,24,29)(H,26,31)/t15-/m1/s1. The lowest BCUT2D eigenvalue weighted by molar-refractivity contribution is -0.140. The van der Waals surface area contributed by atoms with Crippen LogP contribution in [0.1, 0.15) is 55.8 Å². The van der Waals surface area contributed by atoms with Gasteiger partial charge in [0.1, 0.15) is 5.69 Å². The van der Waals surface area contributed by atoms with E-state index in [1.54, 1.807) is 24.0 Å². The SMILES string of the molecule is Cc1ccc2c(NC(=O)N3CCC[C@@H](C(=O)N4CCCC(C)(C)C4)C3)c(C(N)=O)oc2n1. The van der Waals surface area contributed by atoms with Crippen molar-refractivity contribution >= 4 is 34.6 Å². The van der Waals surface area contributed by atoms with Crippen LogP contribution in [0.25, 0.3) is 11.1 Å².